The van der Waals surface area contributed by atoms with Crippen molar-refractivity contribution in [1.29, 1.82) is 5.26 Å². The predicted octanol–water partition coefficient (Wildman–Crippen LogP) is 2.58. The van der Waals surface area contributed by atoms with E-state index in [1.165, 1.54) is 11.8 Å². The Hall–Kier alpha value is -2.04. The summed E-state index contributed by atoms with van der Waals surface area (Å²) >= 11 is 2.24. The monoisotopic (exact) mass is 291 g/mol. The first-order chi connectivity index (χ1) is 9.17. The molecule has 1 heterocycles. The van der Waals surface area contributed by atoms with Crippen LogP contribution in [-0.2, 0) is 0 Å². The molecule has 0 spiro atoms. The van der Waals surface area contributed by atoms with Crippen molar-refractivity contribution in [3.63, 3.8) is 0 Å². The summed E-state index contributed by atoms with van der Waals surface area (Å²) in [5, 5.41) is 11.5. The summed E-state index contributed by atoms with van der Waals surface area (Å²) in [7, 11) is 0. The molecule has 0 atom stereocenters. The first kappa shape index (κ1) is 13.4. The van der Waals surface area contributed by atoms with Gasteiger partial charge in [0, 0.05) is 5.69 Å². The molecule has 0 saturated heterocycles. The Morgan fingerprint density at radius 3 is 2.63 bits per heavy atom. The second-order valence-electron chi connectivity index (χ2n) is 3.47. The van der Waals surface area contributed by atoms with Crippen LogP contribution in [0.5, 0.6) is 0 Å². The maximum atomic E-state index is 12.0. The highest BCUT2D eigenvalue weighted by atomic mass is 32.2. The van der Waals surface area contributed by atoms with Gasteiger partial charge in [-0.05, 0) is 29.9 Å². The molecular formula is C12H9N3O2S2. The van der Waals surface area contributed by atoms with E-state index in [1.807, 2.05) is 12.1 Å². The van der Waals surface area contributed by atoms with Crippen molar-refractivity contribution in [2.24, 2.45) is 0 Å². The number of benzene rings is 1. The molecule has 0 aliphatic rings. The van der Waals surface area contributed by atoms with Gasteiger partial charge in [0.25, 0.3) is 5.56 Å². The number of hydrogen-bond acceptors (Lipinski definition) is 5. The van der Waals surface area contributed by atoms with Gasteiger partial charge in [0.1, 0.15) is 15.8 Å². The molecule has 0 aliphatic carbocycles. The number of thioether (sulfide) groups is 1. The van der Waals surface area contributed by atoms with Gasteiger partial charge in [-0.25, -0.2) is 4.79 Å². The number of carbonyl (C=O) groups is 1. The molecule has 96 valence electrons. The third-order valence-electron chi connectivity index (χ3n) is 2.28. The third kappa shape index (κ3) is 2.70. The summed E-state index contributed by atoms with van der Waals surface area (Å²) in [5.74, 6) is 0. The van der Waals surface area contributed by atoms with Crippen LogP contribution in [0.1, 0.15) is 5.56 Å². The van der Waals surface area contributed by atoms with Gasteiger partial charge in [0.15, 0.2) is 0 Å². The van der Waals surface area contributed by atoms with E-state index in [-0.39, 0.29) is 5.56 Å². The molecule has 0 radical (unpaired) electrons. The van der Waals surface area contributed by atoms with Crippen LogP contribution >= 0.6 is 23.3 Å². The topological polar surface area (TPSA) is 74.9 Å². The van der Waals surface area contributed by atoms with Crippen molar-refractivity contribution >= 4 is 35.0 Å². The number of anilines is 1. The third-order valence-corrected chi connectivity index (χ3v) is 4.47. The van der Waals surface area contributed by atoms with Crippen molar-refractivity contribution in [2.45, 2.75) is 4.21 Å². The molecule has 0 saturated carbocycles. The predicted molar refractivity (Wildman–Crippen MR) is 75.9 cm³/mol. The maximum Gasteiger partial charge on any atom is 0.342 e. The van der Waals surface area contributed by atoms with Gasteiger partial charge in [-0.2, -0.15) is 9.22 Å². The number of para-hydroxylation sites is 1. The van der Waals surface area contributed by atoms with Crippen LogP contribution < -0.4 is 10.9 Å². The zero-order valence-corrected chi connectivity index (χ0v) is 11.5. The van der Waals surface area contributed by atoms with Crippen molar-refractivity contribution < 1.29 is 4.79 Å². The highest BCUT2D eigenvalue weighted by molar-refractivity contribution is 8.00. The van der Waals surface area contributed by atoms with Gasteiger partial charge in [-0.3, -0.25) is 4.79 Å². The zero-order chi connectivity index (χ0) is 13.8. The van der Waals surface area contributed by atoms with Crippen molar-refractivity contribution in [1.82, 2.24) is 3.96 Å². The Morgan fingerprint density at radius 1 is 1.42 bits per heavy atom. The van der Waals surface area contributed by atoms with Crippen LogP contribution in [-0.4, -0.2) is 16.2 Å². The van der Waals surface area contributed by atoms with Crippen LogP contribution in [0.15, 0.2) is 39.3 Å². The number of hydrogen-bond donors (Lipinski definition) is 1. The zero-order valence-electron chi connectivity index (χ0n) is 9.91. The van der Waals surface area contributed by atoms with Crippen LogP contribution in [0.2, 0.25) is 0 Å². The summed E-state index contributed by atoms with van der Waals surface area (Å²) in [5.41, 5.74) is 0.0306. The average molecular weight is 291 g/mol. The molecule has 2 aromatic rings. The number of nitriles is 1. The second-order valence-corrected chi connectivity index (χ2v) is 5.50. The van der Waals surface area contributed by atoms with Crippen LogP contribution in [0.4, 0.5) is 10.5 Å². The van der Waals surface area contributed by atoms with Gasteiger partial charge in [0.05, 0.1) is 0 Å². The van der Waals surface area contributed by atoms with Gasteiger partial charge >= 0.3 is 6.03 Å². The van der Waals surface area contributed by atoms with Crippen molar-refractivity contribution in [3.05, 3.63) is 46.2 Å². The van der Waals surface area contributed by atoms with E-state index < -0.39 is 11.6 Å². The Bertz CT molecular complexity index is 698. The second kappa shape index (κ2) is 5.73. The normalized spacial score (nSPS) is 9.89. The van der Waals surface area contributed by atoms with E-state index in [0.717, 1.165) is 15.5 Å². The summed E-state index contributed by atoms with van der Waals surface area (Å²) in [6, 6.07) is 10.1. The molecule has 1 amide bonds. The molecule has 0 fully saturated rings. The standard InChI is InChI=1S/C12H9N3O2S2/c1-18-11-9(7-13)10(16)15(19-11)12(17)14-8-5-3-2-4-6-8/h2-6H,1H3,(H,14,17). The number of nitrogens with one attached hydrogen (secondary N) is 1. The molecule has 0 unspecified atom stereocenters. The summed E-state index contributed by atoms with van der Waals surface area (Å²) in [6.45, 7) is 0. The maximum absolute atomic E-state index is 12.0. The number of carbonyl (C=O) groups excluding carboxylic acids is 1. The number of rotatable bonds is 2. The molecular weight excluding hydrogens is 282 g/mol. The Kier molecular flexibility index (Phi) is 4.04. The summed E-state index contributed by atoms with van der Waals surface area (Å²) in [6.07, 6.45) is 1.76. The SMILES string of the molecule is CSc1sn(C(=O)Nc2ccccc2)c(=O)c1C#N. The van der Waals surface area contributed by atoms with Crippen LogP contribution in [0.3, 0.4) is 0 Å². The minimum absolute atomic E-state index is 0.0145. The number of nitrogens with zero attached hydrogens (tertiary/aromatic N) is 2. The largest absolute Gasteiger partial charge is 0.342 e. The summed E-state index contributed by atoms with van der Waals surface area (Å²) < 4.78 is 1.49. The summed E-state index contributed by atoms with van der Waals surface area (Å²) in [4.78, 5) is 23.9. The fraction of sp³-hybridized carbons (Fsp3) is 0.0833. The lowest BCUT2D eigenvalue weighted by Gasteiger charge is -2.03. The molecule has 1 aromatic heterocycles. The fourth-order valence-electron chi connectivity index (χ4n) is 1.42. The van der Waals surface area contributed by atoms with Gasteiger partial charge in [-0.15, -0.1) is 11.8 Å². The molecule has 1 N–H and O–H groups in total. The van der Waals surface area contributed by atoms with E-state index in [4.69, 9.17) is 5.26 Å². The van der Waals surface area contributed by atoms with Gasteiger partial charge in [-0.1, -0.05) is 18.2 Å². The first-order valence-corrected chi connectivity index (χ1v) is 7.24. The molecule has 0 bridgehead atoms. The number of amides is 1. The van der Waals surface area contributed by atoms with Gasteiger partial charge < -0.3 is 5.32 Å². The highest BCUT2D eigenvalue weighted by Gasteiger charge is 2.18. The van der Waals surface area contributed by atoms with E-state index in [9.17, 15) is 9.59 Å². The molecule has 1 aromatic carbocycles. The average Bonchev–Trinajstić information content (AvgIpc) is 2.76. The quantitative estimate of drug-likeness (QED) is 0.863. The minimum Gasteiger partial charge on any atom is -0.306 e. The fourth-order valence-corrected chi connectivity index (χ4v) is 2.97. The van der Waals surface area contributed by atoms with E-state index in [1.54, 1.807) is 30.5 Å². The van der Waals surface area contributed by atoms with E-state index >= 15 is 0 Å². The molecule has 0 aliphatic heterocycles. The Labute approximate surface area is 117 Å². The number of aromatic nitrogens is 1. The Morgan fingerprint density at radius 2 is 2.11 bits per heavy atom. The highest BCUT2D eigenvalue weighted by Crippen LogP contribution is 2.23. The smallest absolute Gasteiger partial charge is 0.306 e. The van der Waals surface area contributed by atoms with Crippen LogP contribution in [0.25, 0.3) is 0 Å². The molecule has 19 heavy (non-hydrogen) atoms. The minimum atomic E-state index is -0.578. The lowest BCUT2D eigenvalue weighted by Crippen LogP contribution is -2.27. The first-order valence-electron chi connectivity index (χ1n) is 5.24. The van der Waals surface area contributed by atoms with Crippen molar-refractivity contribution in [3.8, 4) is 6.07 Å². The van der Waals surface area contributed by atoms with Gasteiger partial charge in [0.2, 0.25) is 0 Å². The molecule has 7 heteroatoms. The van der Waals surface area contributed by atoms with E-state index in [0.29, 0.717) is 9.90 Å². The molecule has 2 rings (SSSR count). The van der Waals surface area contributed by atoms with Crippen LogP contribution in [0, 0.1) is 11.3 Å². The lowest BCUT2D eigenvalue weighted by molar-refractivity contribution is 0.255. The molecule has 5 nitrogen and oxygen atoms in total. The lowest BCUT2D eigenvalue weighted by atomic mass is 10.3. The van der Waals surface area contributed by atoms with Crippen molar-refractivity contribution in [2.75, 3.05) is 11.6 Å². The Balaban J connectivity index is 2.33. The van der Waals surface area contributed by atoms with E-state index in [2.05, 4.69) is 5.32 Å².